The van der Waals surface area contributed by atoms with Gasteiger partial charge in [-0.05, 0) is 18.6 Å². The van der Waals surface area contributed by atoms with Crippen LogP contribution in [0.15, 0.2) is 28.8 Å². The number of alkyl halides is 3. The Morgan fingerprint density at radius 3 is 2.44 bits per heavy atom. The van der Waals surface area contributed by atoms with E-state index in [1.807, 2.05) is 0 Å². The Hall–Kier alpha value is -2.91. The zero-order valence-electron chi connectivity index (χ0n) is 12.7. The highest BCUT2D eigenvalue weighted by Crippen LogP contribution is 2.29. The molecule has 1 N–H and O–H groups in total. The first kappa shape index (κ1) is 16.9. The van der Waals surface area contributed by atoms with E-state index in [1.54, 1.807) is 0 Å². The molecule has 1 aliphatic rings. The number of hydrogen-bond acceptors (Lipinski definition) is 5. The third-order valence-corrected chi connectivity index (χ3v) is 3.88. The first-order valence-electron chi connectivity index (χ1n) is 7.29. The molecule has 1 aromatic carbocycles. The Bertz CT molecular complexity index is 801. The van der Waals surface area contributed by atoms with Crippen molar-refractivity contribution >= 4 is 11.9 Å². The molecule has 1 aromatic heterocycles. The zero-order valence-corrected chi connectivity index (χ0v) is 12.7. The average molecular weight is 355 g/mol. The molecule has 1 unspecified atom stereocenters. The molecule has 3 rings (SSSR count). The molecule has 0 radical (unpaired) electrons. The van der Waals surface area contributed by atoms with Gasteiger partial charge < -0.3 is 14.5 Å². The number of carbonyl (C=O) groups is 2. The lowest BCUT2D eigenvalue weighted by Crippen LogP contribution is -2.29. The van der Waals surface area contributed by atoms with Crippen molar-refractivity contribution in [2.45, 2.75) is 12.6 Å². The standard InChI is InChI=1S/C15H12F3N3O4/c16-15(17,18)14-19-11(20-25-14)8-1-3-9(4-2-8)12(22)21-6-5-10(7-21)13(23)24/h1-4,10H,5-7H2,(H,23,24). The molecule has 1 saturated heterocycles. The molecule has 2 aromatic rings. The van der Waals surface area contributed by atoms with Crippen LogP contribution in [-0.4, -0.2) is 45.1 Å². The number of aliphatic carboxylic acids is 1. The second kappa shape index (κ2) is 6.19. The van der Waals surface area contributed by atoms with Crippen molar-refractivity contribution in [1.82, 2.24) is 15.0 Å². The summed E-state index contributed by atoms with van der Waals surface area (Å²) in [5.41, 5.74) is 0.565. The summed E-state index contributed by atoms with van der Waals surface area (Å²) in [6, 6.07) is 5.66. The lowest BCUT2D eigenvalue weighted by molar-refractivity contribution is -0.159. The van der Waals surface area contributed by atoms with E-state index in [2.05, 4.69) is 14.7 Å². The molecule has 2 heterocycles. The normalized spacial score (nSPS) is 17.7. The molecule has 0 aliphatic carbocycles. The highest BCUT2D eigenvalue weighted by atomic mass is 19.4. The lowest BCUT2D eigenvalue weighted by atomic mass is 10.1. The third-order valence-electron chi connectivity index (χ3n) is 3.88. The molecule has 0 spiro atoms. The van der Waals surface area contributed by atoms with Crippen molar-refractivity contribution in [1.29, 1.82) is 0 Å². The molecule has 132 valence electrons. The molecule has 10 heteroatoms. The smallest absolute Gasteiger partial charge is 0.471 e. The summed E-state index contributed by atoms with van der Waals surface area (Å²) in [5.74, 6) is -3.54. The number of likely N-dealkylation sites (tertiary alicyclic amines) is 1. The Balaban J connectivity index is 1.73. The second-order valence-corrected chi connectivity index (χ2v) is 5.57. The third kappa shape index (κ3) is 3.47. The van der Waals surface area contributed by atoms with Crippen LogP contribution in [-0.2, 0) is 11.0 Å². The fraction of sp³-hybridized carbons (Fsp3) is 0.333. The van der Waals surface area contributed by atoms with Gasteiger partial charge in [-0.1, -0.05) is 17.3 Å². The van der Waals surface area contributed by atoms with Gasteiger partial charge in [0, 0.05) is 24.2 Å². The van der Waals surface area contributed by atoms with Crippen LogP contribution in [0.4, 0.5) is 13.2 Å². The maximum atomic E-state index is 12.5. The number of rotatable bonds is 3. The van der Waals surface area contributed by atoms with Crippen molar-refractivity contribution in [2.24, 2.45) is 5.92 Å². The van der Waals surface area contributed by atoms with Crippen LogP contribution < -0.4 is 0 Å². The van der Waals surface area contributed by atoms with Gasteiger partial charge in [0.05, 0.1) is 5.92 Å². The van der Waals surface area contributed by atoms with E-state index in [0.29, 0.717) is 18.5 Å². The summed E-state index contributed by atoms with van der Waals surface area (Å²) < 4.78 is 41.5. The molecule has 1 atom stereocenters. The molecular formula is C15H12F3N3O4. The molecule has 1 aliphatic heterocycles. The van der Waals surface area contributed by atoms with Crippen molar-refractivity contribution in [2.75, 3.05) is 13.1 Å². The Morgan fingerprint density at radius 2 is 1.92 bits per heavy atom. The largest absolute Gasteiger partial charge is 0.481 e. The van der Waals surface area contributed by atoms with Crippen LogP contribution >= 0.6 is 0 Å². The highest BCUT2D eigenvalue weighted by molar-refractivity contribution is 5.95. The Kier molecular flexibility index (Phi) is 4.19. The summed E-state index contributed by atoms with van der Waals surface area (Å²) in [7, 11) is 0. The van der Waals surface area contributed by atoms with Crippen LogP contribution in [0, 0.1) is 5.92 Å². The molecule has 25 heavy (non-hydrogen) atoms. The van der Waals surface area contributed by atoms with Gasteiger partial charge in [0.1, 0.15) is 0 Å². The number of carboxylic acid groups (broad SMARTS) is 1. The van der Waals surface area contributed by atoms with Crippen LogP contribution in [0.2, 0.25) is 0 Å². The summed E-state index contributed by atoms with van der Waals surface area (Å²) in [6.45, 7) is 0.479. The van der Waals surface area contributed by atoms with Crippen LogP contribution in [0.3, 0.4) is 0 Å². The van der Waals surface area contributed by atoms with E-state index in [0.717, 1.165) is 0 Å². The van der Waals surface area contributed by atoms with Crippen molar-refractivity contribution in [3.8, 4) is 11.4 Å². The number of aromatic nitrogens is 2. The number of halogens is 3. The van der Waals surface area contributed by atoms with E-state index in [-0.39, 0.29) is 23.8 Å². The van der Waals surface area contributed by atoms with Crippen molar-refractivity contribution in [3.63, 3.8) is 0 Å². The van der Waals surface area contributed by atoms with E-state index in [1.165, 1.54) is 29.2 Å². The minimum absolute atomic E-state index is 0.135. The predicted octanol–water partition coefficient (Wildman–Crippen LogP) is 2.30. The molecule has 1 fully saturated rings. The topological polar surface area (TPSA) is 96.5 Å². The van der Waals surface area contributed by atoms with E-state index >= 15 is 0 Å². The predicted molar refractivity (Wildman–Crippen MR) is 76.4 cm³/mol. The molecule has 7 nitrogen and oxygen atoms in total. The monoisotopic (exact) mass is 355 g/mol. The van der Waals surface area contributed by atoms with Gasteiger partial charge in [0.2, 0.25) is 5.82 Å². The van der Waals surface area contributed by atoms with Crippen LogP contribution in [0.25, 0.3) is 11.4 Å². The molecule has 0 saturated carbocycles. The fourth-order valence-electron chi connectivity index (χ4n) is 2.55. The van der Waals surface area contributed by atoms with E-state index in [4.69, 9.17) is 5.11 Å². The van der Waals surface area contributed by atoms with E-state index < -0.39 is 24.0 Å². The quantitative estimate of drug-likeness (QED) is 0.907. The van der Waals surface area contributed by atoms with Crippen molar-refractivity contribution < 1.29 is 32.4 Å². The SMILES string of the molecule is O=C(O)C1CCN(C(=O)c2ccc(-c3noc(C(F)(F)F)n3)cc2)C1. The van der Waals surface area contributed by atoms with Gasteiger partial charge >= 0.3 is 18.0 Å². The number of amides is 1. The van der Waals surface area contributed by atoms with Gasteiger partial charge in [0.25, 0.3) is 5.91 Å². The molecule has 0 bridgehead atoms. The van der Waals surface area contributed by atoms with Gasteiger partial charge in [-0.2, -0.15) is 18.2 Å². The minimum Gasteiger partial charge on any atom is -0.481 e. The van der Waals surface area contributed by atoms with Crippen molar-refractivity contribution in [3.05, 3.63) is 35.7 Å². The Labute approximate surface area is 139 Å². The number of carbonyl (C=O) groups excluding carboxylic acids is 1. The molecular weight excluding hydrogens is 343 g/mol. The van der Waals surface area contributed by atoms with Gasteiger partial charge in [0.15, 0.2) is 0 Å². The maximum Gasteiger partial charge on any atom is 0.471 e. The zero-order chi connectivity index (χ0) is 18.2. The first-order chi connectivity index (χ1) is 11.8. The first-order valence-corrected chi connectivity index (χ1v) is 7.29. The lowest BCUT2D eigenvalue weighted by Gasteiger charge is -2.15. The number of carboxylic acids is 1. The minimum atomic E-state index is -4.72. The summed E-state index contributed by atoms with van der Waals surface area (Å²) in [6.07, 6.45) is -4.33. The van der Waals surface area contributed by atoms with Gasteiger partial charge in [-0.15, -0.1) is 0 Å². The van der Waals surface area contributed by atoms with Crippen LogP contribution in [0.5, 0.6) is 0 Å². The fourth-order valence-corrected chi connectivity index (χ4v) is 2.55. The van der Waals surface area contributed by atoms with Crippen LogP contribution in [0.1, 0.15) is 22.7 Å². The number of hydrogen-bond donors (Lipinski definition) is 1. The average Bonchev–Trinajstić information content (AvgIpc) is 3.23. The number of nitrogens with zero attached hydrogens (tertiary/aromatic N) is 3. The summed E-state index contributed by atoms with van der Waals surface area (Å²) in [5, 5.41) is 12.2. The second-order valence-electron chi connectivity index (χ2n) is 5.57. The van der Waals surface area contributed by atoms with Gasteiger partial charge in [-0.25, -0.2) is 0 Å². The number of benzene rings is 1. The Morgan fingerprint density at radius 1 is 1.24 bits per heavy atom. The van der Waals surface area contributed by atoms with Gasteiger partial charge in [-0.3, -0.25) is 9.59 Å². The summed E-state index contributed by atoms with van der Waals surface area (Å²) >= 11 is 0. The molecule has 1 amide bonds. The maximum absolute atomic E-state index is 12.5. The summed E-state index contributed by atoms with van der Waals surface area (Å²) in [4.78, 5) is 28.0. The van der Waals surface area contributed by atoms with E-state index in [9.17, 15) is 22.8 Å². The highest BCUT2D eigenvalue weighted by Gasteiger charge is 2.38.